The molecule has 0 saturated carbocycles. The average molecular weight is 479 g/mol. The van der Waals surface area contributed by atoms with Crippen LogP contribution in [0.1, 0.15) is 6.92 Å². The van der Waals surface area contributed by atoms with Gasteiger partial charge in [-0.15, -0.1) is 22.7 Å². The number of thioether (sulfide) groups is 1. The van der Waals surface area contributed by atoms with E-state index in [1.807, 2.05) is 60.1 Å². The lowest BCUT2D eigenvalue weighted by Gasteiger charge is -2.14. The molecule has 1 amide bonds. The third kappa shape index (κ3) is 3.72. The van der Waals surface area contributed by atoms with Gasteiger partial charge in [-0.05, 0) is 42.6 Å². The van der Waals surface area contributed by atoms with Crippen LogP contribution in [0.2, 0.25) is 0 Å². The van der Waals surface area contributed by atoms with Crippen molar-refractivity contribution in [3.63, 3.8) is 0 Å². The Morgan fingerprint density at radius 3 is 2.84 bits per heavy atom. The van der Waals surface area contributed by atoms with Gasteiger partial charge in [-0.3, -0.25) is 19.1 Å². The van der Waals surface area contributed by atoms with Crippen molar-refractivity contribution in [1.29, 1.82) is 0 Å². The number of amides is 1. The molecule has 5 rings (SSSR count). The fourth-order valence-electron chi connectivity index (χ4n) is 3.43. The number of carbonyl (C=O) groups is 1. The monoisotopic (exact) mass is 478 g/mol. The quantitative estimate of drug-likeness (QED) is 0.271. The van der Waals surface area contributed by atoms with Gasteiger partial charge in [-0.25, -0.2) is 4.98 Å². The number of hydrogen-bond donors (Lipinski definition) is 1. The zero-order valence-electron chi connectivity index (χ0n) is 17.2. The number of pyridine rings is 1. The molecule has 1 N–H and O–H groups in total. The number of nitrogens with zero attached hydrogens (tertiary/aromatic N) is 3. The first-order chi connectivity index (χ1) is 15.5. The molecule has 1 unspecified atom stereocenters. The van der Waals surface area contributed by atoms with Gasteiger partial charge in [0.15, 0.2) is 5.16 Å². The number of anilines is 1. The molecule has 4 aromatic heterocycles. The summed E-state index contributed by atoms with van der Waals surface area (Å²) in [4.78, 5) is 36.8. The van der Waals surface area contributed by atoms with Crippen LogP contribution in [-0.2, 0) is 11.8 Å². The first-order valence-electron chi connectivity index (χ1n) is 9.86. The van der Waals surface area contributed by atoms with Crippen LogP contribution in [0.25, 0.3) is 31.6 Å². The summed E-state index contributed by atoms with van der Waals surface area (Å²) < 4.78 is 1.53. The second-order valence-corrected chi connectivity index (χ2v) is 10.3. The average Bonchev–Trinajstić information content (AvgIpc) is 3.47. The molecule has 0 aliphatic heterocycles. The number of carbonyl (C=O) groups excluding carboxylic acids is 1. The second-order valence-electron chi connectivity index (χ2n) is 7.19. The van der Waals surface area contributed by atoms with E-state index in [-0.39, 0.29) is 11.5 Å². The van der Waals surface area contributed by atoms with Crippen LogP contribution in [0.5, 0.6) is 0 Å². The van der Waals surface area contributed by atoms with Gasteiger partial charge < -0.3 is 5.32 Å². The van der Waals surface area contributed by atoms with Crippen LogP contribution >= 0.6 is 34.4 Å². The first-order valence-corrected chi connectivity index (χ1v) is 12.5. The van der Waals surface area contributed by atoms with Gasteiger partial charge in [0.05, 0.1) is 21.8 Å². The smallest absolute Gasteiger partial charge is 0.263 e. The minimum Gasteiger partial charge on any atom is -0.324 e. The van der Waals surface area contributed by atoms with Crippen LogP contribution in [0, 0.1) is 0 Å². The molecule has 32 heavy (non-hydrogen) atoms. The highest BCUT2D eigenvalue weighted by atomic mass is 32.2. The van der Waals surface area contributed by atoms with Crippen molar-refractivity contribution < 1.29 is 4.79 Å². The van der Waals surface area contributed by atoms with Gasteiger partial charge in [0.25, 0.3) is 5.56 Å². The molecule has 160 valence electrons. The van der Waals surface area contributed by atoms with Crippen LogP contribution in [0.15, 0.2) is 69.4 Å². The number of hydrogen-bond acceptors (Lipinski definition) is 7. The standard InChI is InChI=1S/C23H18N4O2S3/c1-13(20(28)25-17-8-3-7-16-14(17)6-4-10-24-16)32-23-26-21-19(22(29)27(23)2)15(12-31-21)18-9-5-11-30-18/h3-13H,1-2H3,(H,25,28). The molecule has 0 bridgehead atoms. The Balaban J connectivity index is 1.42. The SMILES string of the molecule is CC(Sc1nc2scc(-c3cccs3)c2c(=O)n1C)C(=O)Nc1cccc2ncccc12. The maximum absolute atomic E-state index is 13.1. The number of aromatic nitrogens is 3. The van der Waals surface area contributed by atoms with E-state index in [2.05, 4.69) is 10.3 Å². The highest BCUT2D eigenvalue weighted by Gasteiger charge is 2.21. The zero-order valence-corrected chi connectivity index (χ0v) is 19.7. The van der Waals surface area contributed by atoms with Gasteiger partial charge in [-0.1, -0.05) is 23.9 Å². The molecule has 0 radical (unpaired) electrons. The van der Waals surface area contributed by atoms with Crippen LogP contribution in [0.3, 0.4) is 0 Å². The van der Waals surface area contributed by atoms with E-state index in [4.69, 9.17) is 4.98 Å². The Bertz CT molecular complexity index is 1500. The molecular weight excluding hydrogens is 460 g/mol. The van der Waals surface area contributed by atoms with Crippen molar-refractivity contribution in [2.24, 2.45) is 7.05 Å². The van der Waals surface area contributed by atoms with Gasteiger partial charge in [0.2, 0.25) is 5.91 Å². The van der Waals surface area contributed by atoms with E-state index in [1.54, 1.807) is 24.6 Å². The Hall–Kier alpha value is -3.01. The molecule has 1 atom stereocenters. The molecule has 4 heterocycles. The zero-order chi connectivity index (χ0) is 22.2. The number of nitrogens with one attached hydrogen (secondary N) is 1. The number of fused-ring (bicyclic) bond motifs is 2. The van der Waals surface area contributed by atoms with Crippen molar-refractivity contribution in [1.82, 2.24) is 14.5 Å². The van der Waals surface area contributed by atoms with Crippen molar-refractivity contribution in [3.8, 4) is 10.4 Å². The highest BCUT2D eigenvalue weighted by Crippen LogP contribution is 2.35. The highest BCUT2D eigenvalue weighted by molar-refractivity contribution is 8.00. The Labute approximate surface area is 196 Å². The lowest BCUT2D eigenvalue weighted by molar-refractivity contribution is -0.115. The fourth-order valence-corrected chi connectivity index (χ4v) is 6.11. The van der Waals surface area contributed by atoms with E-state index in [0.29, 0.717) is 21.1 Å². The first kappa shape index (κ1) is 20.9. The lowest BCUT2D eigenvalue weighted by Crippen LogP contribution is -2.25. The minimum atomic E-state index is -0.450. The van der Waals surface area contributed by atoms with Crippen LogP contribution in [-0.4, -0.2) is 25.7 Å². The Morgan fingerprint density at radius 2 is 2.03 bits per heavy atom. The van der Waals surface area contributed by atoms with Crippen molar-refractivity contribution in [3.05, 3.63) is 69.8 Å². The second kappa shape index (κ2) is 8.50. The molecule has 9 heteroatoms. The molecule has 0 fully saturated rings. The normalized spacial score (nSPS) is 12.3. The molecule has 6 nitrogen and oxygen atoms in total. The minimum absolute atomic E-state index is 0.102. The van der Waals surface area contributed by atoms with Gasteiger partial charge >= 0.3 is 0 Å². The molecule has 0 aliphatic rings. The maximum Gasteiger partial charge on any atom is 0.263 e. The maximum atomic E-state index is 13.1. The fraction of sp³-hybridized carbons (Fsp3) is 0.130. The Kier molecular flexibility index (Phi) is 5.54. The molecule has 0 aliphatic carbocycles. The van der Waals surface area contributed by atoms with Crippen molar-refractivity contribution >= 4 is 67.1 Å². The third-order valence-corrected chi connectivity index (χ3v) is 8.03. The Morgan fingerprint density at radius 1 is 1.16 bits per heavy atom. The largest absolute Gasteiger partial charge is 0.324 e. The summed E-state index contributed by atoms with van der Waals surface area (Å²) in [6.45, 7) is 1.81. The summed E-state index contributed by atoms with van der Waals surface area (Å²) in [7, 11) is 1.70. The van der Waals surface area contributed by atoms with Crippen molar-refractivity contribution in [2.75, 3.05) is 5.32 Å². The molecule has 5 aromatic rings. The molecule has 0 saturated heterocycles. The number of rotatable bonds is 5. The van der Waals surface area contributed by atoms with Gasteiger partial charge in [-0.2, -0.15) is 0 Å². The summed E-state index contributed by atoms with van der Waals surface area (Å²) in [6, 6.07) is 13.4. The predicted molar refractivity (Wildman–Crippen MR) is 134 cm³/mol. The molecular formula is C23H18N4O2S3. The van der Waals surface area contributed by atoms with E-state index in [1.165, 1.54) is 27.7 Å². The van der Waals surface area contributed by atoms with Gasteiger partial charge in [0, 0.05) is 34.5 Å². The summed E-state index contributed by atoms with van der Waals surface area (Å²) in [5.74, 6) is -0.161. The van der Waals surface area contributed by atoms with E-state index in [0.717, 1.165) is 21.3 Å². The number of thiophene rings is 2. The third-order valence-electron chi connectivity index (χ3n) is 5.12. The van der Waals surface area contributed by atoms with E-state index in [9.17, 15) is 9.59 Å². The molecule has 1 aromatic carbocycles. The summed E-state index contributed by atoms with van der Waals surface area (Å²) in [6.07, 6.45) is 1.73. The molecule has 0 spiro atoms. The number of benzene rings is 1. The predicted octanol–water partition coefficient (Wildman–Crippen LogP) is 5.39. The van der Waals surface area contributed by atoms with Crippen LogP contribution < -0.4 is 10.9 Å². The van der Waals surface area contributed by atoms with Gasteiger partial charge in [0.1, 0.15) is 4.83 Å². The van der Waals surface area contributed by atoms with Crippen molar-refractivity contribution in [2.45, 2.75) is 17.3 Å². The summed E-state index contributed by atoms with van der Waals surface area (Å²) in [5.41, 5.74) is 2.35. The van der Waals surface area contributed by atoms with E-state index < -0.39 is 5.25 Å². The summed E-state index contributed by atoms with van der Waals surface area (Å²) in [5, 5.41) is 8.54. The van der Waals surface area contributed by atoms with E-state index >= 15 is 0 Å². The van der Waals surface area contributed by atoms with Crippen LogP contribution in [0.4, 0.5) is 5.69 Å². The topological polar surface area (TPSA) is 76.9 Å². The summed E-state index contributed by atoms with van der Waals surface area (Å²) >= 11 is 4.32. The lowest BCUT2D eigenvalue weighted by atomic mass is 10.2.